The quantitative estimate of drug-likeness (QED) is 0.500. The molecule has 2 aromatic rings. The van der Waals surface area contributed by atoms with Crippen LogP contribution in [0.2, 0.25) is 5.02 Å². The zero-order valence-corrected chi connectivity index (χ0v) is 17.9. The number of hydrogen-bond acceptors (Lipinski definition) is 6. The van der Waals surface area contributed by atoms with E-state index in [-0.39, 0.29) is 24.6 Å². The second kappa shape index (κ2) is 10.0. The number of aromatic amines is 1. The van der Waals surface area contributed by atoms with E-state index >= 15 is 0 Å². The lowest BCUT2D eigenvalue weighted by atomic mass is 10.1. The van der Waals surface area contributed by atoms with Crippen molar-refractivity contribution >= 4 is 34.8 Å². The highest BCUT2D eigenvalue weighted by Gasteiger charge is 2.33. The number of halogens is 4. The number of aromatic nitrogens is 2. The Kier molecular flexibility index (Phi) is 7.86. The Bertz CT molecular complexity index is 1140. The minimum atomic E-state index is -4.69. The van der Waals surface area contributed by atoms with Crippen molar-refractivity contribution in [1.82, 2.24) is 14.5 Å². The number of Topliss-reactive ketones (excluding diaryl/α,β-unsaturated/α-hetero) is 1. The lowest BCUT2D eigenvalue weighted by Gasteiger charge is -2.17. The highest BCUT2D eigenvalue weighted by atomic mass is 35.5. The third-order valence-corrected chi connectivity index (χ3v) is 4.68. The highest BCUT2D eigenvalue weighted by molar-refractivity contribution is 6.31. The smallest absolute Gasteiger partial charge is 0.384 e. The van der Waals surface area contributed by atoms with Crippen molar-refractivity contribution in [3.63, 3.8) is 0 Å². The van der Waals surface area contributed by atoms with Gasteiger partial charge >= 0.3 is 11.9 Å². The number of rotatable bonds is 8. The summed E-state index contributed by atoms with van der Waals surface area (Å²) in [6.07, 6.45) is -4.16. The molecule has 0 aliphatic rings. The summed E-state index contributed by atoms with van der Waals surface area (Å²) in [7, 11) is 1.40. The molecule has 9 nitrogen and oxygen atoms in total. The molecule has 1 aromatic carbocycles. The van der Waals surface area contributed by atoms with E-state index in [4.69, 9.17) is 17.3 Å². The summed E-state index contributed by atoms with van der Waals surface area (Å²) in [6.45, 7) is 1.20. The molecule has 0 aliphatic carbocycles. The van der Waals surface area contributed by atoms with Gasteiger partial charge in [-0.05, 0) is 31.7 Å². The Morgan fingerprint density at radius 1 is 1.25 bits per heavy atom. The summed E-state index contributed by atoms with van der Waals surface area (Å²) in [6, 6.07) is 2.91. The molecule has 0 aliphatic heterocycles. The topological polar surface area (TPSA) is 130 Å². The number of carbonyl (C=O) groups excluding carboxylic acids is 2. The number of nitrogen functional groups attached to an aromatic ring is 1. The average molecular weight is 476 g/mol. The first-order chi connectivity index (χ1) is 14.8. The van der Waals surface area contributed by atoms with E-state index in [1.54, 1.807) is 6.92 Å². The fourth-order valence-corrected chi connectivity index (χ4v) is 3.17. The molecule has 32 heavy (non-hydrogen) atoms. The molecule has 4 N–H and O–H groups in total. The van der Waals surface area contributed by atoms with Crippen LogP contribution in [0.15, 0.2) is 27.8 Å². The third-order valence-electron chi connectivity index (χ3n) is 4.35. The van der Waals surface area contributed by atoms with Gasteiger partial charge in [0, 0.05) is 12.2 Å². The minimum absolute atomic E-state index is 0.126. The summed E-state index contributed by atoms with van der Waals surface area (Å²) < 4.78 is 39.9. The number of nitrogens with two attached hydrogens (primary N) is 1. The Hall–Kier alpha value is -3.12. The zero-order chi connectivity index (χ0) is 24.2. The van der Waals surface area contributed by atoms with Crippen LogP contribution in [0.5, 0.6) is 0 Å². The molecular formula is C19H21ClF3N5O4. The van der Waals surface area contributed by atoms with Gasteiger partial charge < -0.3 is 11.1 Å². The molecule has 0 unspecified atom stereocenters. The van der Waals surface area contributed by atoms with Crippen LogP contribution in [0.4, 0.5) is 24.7 Å². The van der Waals surface area contributed by atoms with Gasteiger partial charge in [0.15, 0.2) is 5.78 Å². The molecule has 0 radical (unpaired) electrons. The number of alkyl halides is 3. The van der Waals surface area contributed by atoms with Gasteiger partial charge in [0.25, 0.3) is 5.56 Å². The van der Waals surface area contributed by atoms with Gasteiger partial charge in [0.05, 0.1) is 23.7 Å². The van der Waals surface area contributed by atoms with Gasteiger partial charge in [-0.1, -0.05) is 18.5 Å². The van der Waals surface area contributed by atoms with E-state index in [2.05, 4.69) is 5.32 Å². The van der Waals surface area contributed by atoms with Gasteiger partial charge in [-0.2, -0.15) is 13.2 Å². The summed E-state index contributed by atoms with van der Waals surface area (Å²) in [5.74, 6) is -1.70. The van der Waals surface area contributed by atoms with Crippen LogP contribution in [-0.2, 0) is 17.5 Å². The number of H-pyrrole nitrogens is 1. The highest BCUT2D eigenvalue weighted by Crippen LogP contribution is 2.36. The van der Waals surface area contributed by atoms with Gasteiger partial charge in [0.1, 0.15) is 11.4 Å². The Balaban J connectivity index is 2.10. The molecule has 0 atom stereocenters. The van der Waals surface area contributed by atoms with Crippen LogP contribution in [0, 0.1) is 0 Å². The molecule has 0 fully saturated rings. The predicted molar refractivity (Wildman–Crippen MR) is 113 cm³/mol. The number of likely N-dealkylation sites (N-methyl/N-ethyl adjacent to an activating group) is 1. The molecule has 0 saturated heterocycles. The minimum Gasteiger partial charge on any atom is -0.384 e. The molecule has 174 valence electrons. The van der Waals surface area contributed by atoms with Crippen LogP contribution in [0.25, 0.3) is 0 Å². The number of nitrogens with zero attached hydrogens (tertiary/aromatic N) is 2. The summed E-state index contributed by atoms with van der Waals surface area (Å²) in [5.41, 5.74) is 2.53. The lowest BCUT2D eigenvalue weighted by Crippen LogP contribution is -2.40. The second-order valence-corrected chi connectivity index (χ2v) is 7.41. The fraction of sp³-hybridized carbons (Fsp3) is 0.368. The molecule has 0 bridgehead atoms. The summed E-state index contributed by atoms with van der Waals surface area (Å²) in [5, 5.41) is 1.78. The van der Waals surface area contributed by atoms with E-state index < -0.39 is 51.8 Å². The molecule has 13 heteroatoms. The number of amides is 1. The van der Waals surface area contributed by atoms with E-state index in [0.29, 0.717) is 12.5 Å². The van der Waals surface area contributed by atoms with Crippen molar-refractivity contribution in [3.8, 4) is 0 Å². The number of carbonyl (C=O) groups is 2. The van der Waals surface area contributed by atoms with Crippen LogP contribution < -0.4 is 22.3 Å². The number of benzene rings is 1. The Labute approximate surface area is 185 Å². The van der Waals surface area contributed by atoms with E-state index in [0.717, 1.165) is 10.6 Å². The molecule has 1 aromatic heterocycles. The number of anilines is 2. The number of nitrogens with one attached hydrogen (secondary N) is 2. The Morgan fingerprint density at radius 3 is 2.50 bits per heavy atom. The predicted octanol–water partition coefficient (Wildman–Crippen LogP) is 1.95. The molecule has 0 spiro atoms. The van der Waals surface area contributed by atoms with Crippen LogP contribution in [0.1, 0.15) is 29.3 Å². The van der Waals surface area contributed by atoms with Crippen LogP contribution in [-0.4, -0.2) is 46.3 Å². The molecule has 0 saturated carbocycles. The average Bonchev–Trinajstić information content (AvgIpc) is 2.65. The summed E-state index contributed by atoms with van der Waals surface area (Å²) >= 11 is 5.55. The largest absolute Gasteiger partial charge is 0.417 e. The molecule has 2 rings (SSSR count). The maximum Gasteiger partial charge on any atom is 0.417 e. The van der Waals surface area contributed by atoms with Gasteiger partial charge in [0.2, 0.25) is 5.91 Å². The normalized spacial score (nSPS) is 11.6. The zero-order valence-electron chi connectivity index (χ0n) is 17.2. The SMILES string of the molecule is CCCn1c(N)c(C(=O)CN(C)CC(=O)Nc2ccc(Cl)c(C(F)(F)F)c2)c(=O)[nH]c1=O. The van der Waals surface area contributed by atoms with E-state index in [1.165, 1.54) is 18.0 Å². The first-order valence-corrected chi connectivity index (χ1v) is 9.73. The number of ketones is 1. The third kappa shape index (κ3) is 5.98. The van der Waals surface area contributed by atoms with Crippen molar-refractivity contribution in [3.05, 3.63) is 55.2 Å². The van der Waals surface area contributed by atoms with Crippen molar-refractivity contribution < 1.29 is 22.8 Å². The van der Waals surface area contributed by atoms with Gasteiger partial charge in [-0.3, -0.25) is 28.8 Å². The molecule has 1 heterocycles. The first-order valence-electron chi connectivity index (χ1n) is 9.36. The Morgan fingerprint density at radius 2 is 1.91 bits per heavy atom. The number of hydrogen-bond donors (Lipinski definition) is 3. The van der Waals surface area contributed by atoms with Crippen molar-refractivity contribution in [2.24, 2.45) is 0 Å². The van der Waals surface area contributed by atoms with E-state index in [9.17, 15) is 32.3 Å². The maximum absolute atomic E-state index is 12.9. The van der Waals surface area contributed by atoms with Gasteiger partial charge in [-0.15, -0.1) is 0 Å². The molecular weight excluding hydrogens is 455 g/mol. The van der Waals surface area contributed by atoms with Crippen molar-refractivity contribution in [2.45, 2.75) is 26.1 Å². The first kappa shape index (κ1) is 25.1. The van der Waals surface area contributed by atoms with Crippen LogP contribution >= 0.6 is 11.6 Å². The second-order valence-electron chi connectivity index (χ2n) is 7.01. The van der Waals surface area contributed by atoms with E-state index in [1.807, 2.05) is 4.98 Å². The van der Waals surface area contributed by atoms with Crippen molar-refractivity contribution in [2.75, 3.05) is 31.2 Å². The fourth-order valence-electron chi connectivity index (χ4n) is 2.95. The lowest BCUT2D eigenvalue weighted by molar-refractivity contribution is -0.137. The standard InChI is InChI=1S/C19H21ClF3N5O4/c1-3-6-28-16(24)15(17(31)26-18(28)32)13(29)8-27(2)9-14(30)25-10-4-5-12(20)11(7-10)19(21,22)23/h4-5,7H,3,6,8-9,24H2,1-2H3,(H,25,30)(H,26,31,32). The summed E-state index contributed by atoms with van der Waals surface area (Å²) in [4.78, 5) is 52.0. The van der Waals surface area contributed by atoms with Crippen molar-refractivity contribution in [1.29, 1.82) is 0 Å². The molecule has 1 amide bonds. The maximum atomic E-state index is 12.9. The monoisotopic (exact) mass is 475 g/mol. The van der Waals surface area contributed by atoms with Crippen LogP contribution in [0.3, 0.4) is 0 Å². The van der Waals surface area contributed by atoms with Gasteiger partial charge in [-0.25, -0.2) is 4.79 Å².